The summed E-state index contributed by atoms with van der Waals surface area (Å²) in [5.74, 6) is 0. The first-order valence-corrected chi connectivity index (χ1v) is 4.96. The number of unbranched alkanes of at least 4 members (excludes halogenated alkanes) is 2. The highest BCUT2D eigenvalue weighted by atomic mass is 16.1. The van der Waals surface area contributed by atoms with E-state index in [0.717, 1.165) is 19.4 Å². The highest BCUT2D eigenvalue weighted by molar-refractivity contribution is 5.50. The van der Waals surface area contributed by atoms with Crippen molar-refractivity contribution in [2.75, 3.05) is 18.5 Å². The van der Waals surface area contributed by atoms with Crippen molar-refractivity contribution in [1.29, 1.82) is 0 Å². The van der Waals surface area contributed by atoms with E-state index in [0.29, 0.717) is 6.42 Å². The van der Waals surface area contributed by atoms with Crippen molar-refractivity contribution in [1.82, 2.24) is 0 Å². The lowest BCUT2D eigenvalue weighted by Gasteiger charge is -2.18. The summed E-state index contributed by atoms with van der Waals surface area (Å²) in [4.78, 5) is 12.2. The zero-order chi connectivity index (χ0) is 10.2. The first-order chi connectivity index (χ1) is 6.84. The van der Waals surface area contributed by atoms with Crippen molar-refractivity contribution >= 4 is 12.0 Å². The van der Waals surface area contributed by atoms with Crippen molar-refractivity contribution in [3.63, 3.8) is 0 Å². The van der Waals surface area contributed by atoms with Gasteiger partial charge in [0.05, 0.1) is 0 Å². The first kappa shape index (κ1) is 10.8. The highest BCUT2D eigenvalue weighted by Gasteiger charge is 1.98. The molecule has 0 spiro atoms. The molecular weight excluding hydrogens is 174 g/mol. The molecule has 0 unspecified atom stereocenters. The molecular formula is C12H16NO. The Labute approximate surface area is 85.5 Å². The van der Waals surface area contributed by atoms with Crippen LogP contribution in [0.25, 0.3) is 0 Å². The van der Waals surface area contributed by atoms with Crippen LogP contribution in [0, 0.1) is 0 Å². The van der Waals surface area contributed by atoms with E-state index in [1.165, 1.54) is 5.69 Å². The normalized spacial score (nSPS) is 9.79. The molecule has 2 nitrogen and oxygen atoms in total. The van der Waals surface area contributed by atoms with Gasteiger partial charge in [-0.2, -0.15) is 0 Å². The Hall–Kier alpha value is -1.31. The number of hydrogen-bond acceptors (Lipinski definition) is 2. The quantitative estimate of drug-likeness (QED) is 0.642. The topological polar surface area (TPSA) is 20.3 Å². The lowest BCUT2D eigenvalue weighted by Crippen LogP contribution is -2.18. The second kappa shape index (κ2) is 6.19. The van der Waals surface area contributed by atoms with E-state index in [-0.39, 0.29) is 0 Å². The van der Waals surface area contributed by atoms with Gasteiger partial charge in [-0.15, -0.1) is 0 Å². The molecule has 0 aromatic heterocycles. The molecule has 1 aromatic carbocycles. The van der Waals surface area contributed by atoms with Crippen molar-refractivity contribution in [3.8, 4) is 0 Å². The van der Waals surface area contributed by atoms with E-state index in [1.807, 2.05) is 24.5 Å². The van der Waals surface area contributed by atoms with Gasteiger partial charge in [0.2, 0.25) is 0 Å². The summed E-state index contributed by atoms with van der Waals surface area (Å²) in [6.45, 7) is 0.992. The van der Waals surface area contributed by atoms with Crippen LogP contribution >= 0.6 is 0 Å². The van der Waals surface area contributed by atoms with Gasteiger partial charge in [0.1, 0.15) is 0 Å². The number of para-hydroxylation sites is 1. The fourth-order valence-corrected chi connectivity index (χ4v) is 1.36. The van der Waals surface area contributed by atoms with E-state index >= 15 is 0 Å². The van der Waals surface area contributed by atoms with Gasteiger partial charge in [0, 0.05) is 25.7 Å². The predicted octanol–water partition coefficient (Wildman–Crippen LogP) is 2.40. The van der Waals surface area contributed by atoms with Crippen LogP contribution in [0.4, 0.5) is 5.69 Å². The average Bonchev–Trinajstić information content (AvgIpc) is 2.25. The largest absolute Gasteiger partial charge is 0.375 e. The molecule has 0 heterocycles. The Morgan fingerprint density at radius 1 is 1.21 bits per heavy atom. The third-order valence-corrected chi connectivity index (χ3v) is 2.22. The van der Waals surface area contributed by atoms with Gasteiger partial charge < -0.3 is 4.90 Å². The third-order valence-electron chi connectivity index (χ3n) is 2.22. The molecule has 1 aromatic rings. The second-order valence-corrected chi connectivity index (χ2v) is 3.36. The maximum absolute atomic E-state index is 9.98. The van der Waals surface area contributed by atoms with Crippen molar-refractivity contribution in [2.45, 2.75) is 19.3 Å². The number of benzene rings is 1. The first-order valence-electron chi connectivity index (χ1n) is 4.96. The fourth-order valence-electron chi connectivity index (χ4n) is 1.36. The number of hydrogen-bond donors (Lipinski definition) is 0. The van der Waals surface area contributed by atoms with Gasteiger partial charge in [-0.25, -0.2) is 0 Å². The summed E-state index contributed by atoms with van der Waals surface area (Å²) in [5.41, 5.74) is 1.22. The molecule has 1 rings (SSSR count). The lowest BCUT2D eigenvalue weighted by molar-refractivity contribution is 0.546. The average molecular weight is 190 g/mol. The van der Waals surface area contributed by atoms with Crippen LogP contribution in [0.15, 0.2) is 30.3 Å². The lowest BCUT2D eigenvalue weighted by atomic mass is 10.2. The highest BCUT2D eigenvalue weighted by Crippen LogP contribution is 2.11. The smallest absolute Gasteiger partial charge is 0.198 e. The second-order valence-electron chi connectivity index (χ2n) is 3.36. The Bertz CT molecular complexity index is 258. The van der Waals surface area contributed by atoms with Crippen LogP contribution in [0.2, 0.25) is 0 Å². The molecule has 0 fully saturated rings. The molecule has 2 heteroatoms. The number of carbonyl (C=O) groups excluding carboxylic acids is 1. The SMILES string of the molecule is CN(CCCC[C]=O)c1ccccc1. The Morgan fingerprint density at radius 3 is 2.57 bits per heavy atom. The zero-order valence-corrected chi connectivity index (χ0v) is 8.57. The number of nitrogens with zero attached hydrogens (tertiary/aromatic N) is 1. The summed E-state index contributed by atoms with van der Waals surface area (Å²) in [5, 5.41) is 0. The maximum atomic E-state index is 9.98. The van der Waals surface area contributed by atoms with Gasteiger partial charge in [-0.1, -0.05) is 18.2 Å². The summed E-state index contributed by atoms with van der Waals surface area (Å²) < 4.78 is 0. The van der Waals surface area contributed by atoms with Gasteiger partial charge in [0.25, 0.3) is 0 Å². The molecule has 0 saturated heterocycles. The Morgan fingerprint density at radius 2 is 1.93 bits per heavy atom. The van der Waals surface area contributed by atoms with Crippen LogP contribution in [0.5, 0.6) is 0 Å². The maximum Gasteiger partial charge on any atom is 0.198 e. The van der Waals surface area contributed by atoms with E-state index in [9.17, 15) is 4.79 Å². The molecule has 0 N–H and O–H groups in total. The number of rotatable bonds is 6. The monoisotopic (exact) mass is 190 g/mol. The van der Waals surface area contributed by atoms with Crippen molar-refractivity contribution in [3.05, 3.63) is 30.3 Å². The van der Waals surface area contributed by atoms with Crippen molar-refractivity contribution in [2.24, 2.45) is 0 Å². The van der Waals surface area contributed by atoms with Gasteiger partial charge >= 0.3 is 0 Å². The molecule has 0 atom stereocenters. The Kier molecular flexibility index (Phi) is 4.76. The minimum absolute atomic E-state index is 0.558. The van der Waals surface area contributed by atoms with Crippen LogP contribution in [0.3, 0.4) is 0 Å². The van der Waals surface area contributed by atoms with Crippen LogP contribution in [0.1, 0.15) is 19.3 Å². The van der Waals surface area contributed by atoms with Gasteiger partial charge in [-0.3, -0.25) is 4.79 Å². The minimum atomic E-state index is 0.558. The van der Waals surface area contributed by atoms with Crippen molar-refractivity contribution < 1.29 is 4.79 Å². The molecule has 75 valence electrons. The van der Waals surface area contributed by atoms with Crippen LogP contribution in [-0.4, -0.2) is 19.9 Å². The summed E-state index contributed by atoms with van der Waals surface area (Å²) in [6, 6.07) is 10.3. The molecule has 0 amide bonds. The molecule has 0 aliphatic rings. The van der Waals surface area contributed by atoms with E-state index in [2.05, 4.69) is 24.1 Å². The minimum Gasteiger partial charge on any atom is -0.375 e. The third kappa shape index (κ3) is 3.60. The van der Waals surface area contributed by atoms with E-state index < -0.39 is 0 Å². The van der Waals surface area contributed by atoms with E-state index in [4.69, 9.17) is 0 Å². The van der Waals surface area contributed by atoms with Gasteiger partial charge in [0.15, 0.2) is 6.29 Å². The molecule has 1 radical (unpaired) electrons. The predicted molar refractivity (Wildman–Crippen MR) is 59.3 cm³/mol. The standard InChI is InChI=1S/C12H16NO/c1-13(10-6-3-7-11-14)12-8-4-2-5-9-12/h2,4-5,8-9H,3,6-7,10H2,1H3. The van der Waals surface area contributed by atoms with Crippen LogP contribution in [-0.2, 0) is 4.79 Å². The molecule has 14 heavy (non-hydrogen) atoms. The Balaban J connectivity index is 2.28. The summed E-state index contributed by atoms with van der Waals surface area (Å²) in [6.07, 6.45) is 4.44. The summed E-state index contributed by atoms with van der Waals surface area (Å²) in [7, 11) is 2.07. The van der Waals surface area contributed by atoms with Crippen LogP contribution < -0.4 is 4.90 Å². The summed E-state index contributed by atoms with van der Waals surface area (Å²) >= 11 is 0. The van der Waals surface area contributed by atoms with E-state index in [1.54, 1.807) is 0 Å². The number of anilines is 1. The molecule has 0 saturated carbocycles. The zero-order valence-electron chi connectivity index (χ0n) is 8.57. The van der Waals surface area contributed by atoms with Gasteiger partial charge in [-0.05, 0) is 25.0 Å². The fraction of sp³-hybridized carbons (Fsp3) is 0.417. The molecule has 0 aliphatic heterocycles. The molecule has 0 bridgehead atoms. The molecule has 0 aliphatic carbocycles.